The van der Waals surface area contributed by atoms with Gasteiger partial charge in [-0.25, -0.2) is 0 Å². The molecule has 0 aromatic heterocycles. The Morgan fingerprint density at radius 2 is 1.06 bits per heavy atom. The van der Waals surface area contributed by atoms with Gasteiger partial charge in [0.1, 0.15) is 10.8 Å². The van der Waals surface area contributed by atoms with Gasteiger partial charge in [-0.3, -0.25) is 0 Å². The molecule has 31 heavy (non-hydrogen) atoms. The van der Waals surface area contributed by atoms with Crippen LogP contribution in [0.3, 0.4) is 0 Å². The van der Waals surface area contributed by atoms with E-state index >= 15 is 0 Å². The minimum Gasteiger partial charge on any atom is -0.518 e. The third kappa shape index (κ3) is 14.0. The van der Waals surface area contributed by atoms with Crippen molar-refractivity contribution in [2.75, 3.05) is 6.61 Å². The Kier molecular flexibility index (Phi) is 16.5. The molecule has 0 heterocycles. The summed E-state index contributed by atoms with van der Waals surface area (Å²) in [5.41, 5.74) is 0. The molecule has 0 unspecified atom stereocenters. The molecule has 0 radical (unpaired) electrons. The van der Waals surface area contributed by atoms with Crippen molar-refractivity contribution in [3.63, 3.8) is 0 Å². The van der Waals surface area contributed by atoms with Crippen LogP contribution in [-0.4, -0.2) is 15.2 Å². The maximum atomic E-state index is 6.23. The van der Waals surface area contributed by atoms with Crippen LogP contribution in [0.4, 0.5) is 0 Å². The fraction of sp³-hybridized carbons (Fsp3) is 0.760. The third-order valence-corrected chi connectivity index (χ3v) is 8.23. The topological polar surface area (TPSA) is 18.5 Å². The van der Waals surface area contributed by atoms with Gasteiger partial charge in [-0.1, -0.05) is 132 Å². The number of rotatable bonds is 19. The molecule has 1 aromatic carbocycles. The highest BCUT2D eigenvalue weighted by molar-refractivity contribution is 6.65. The van der Waals surface area contributed by atoms with Crippen LogP contribution in [0.5, 0.6) is 5.75 Å². The second-order valence-electron chi connectivity index (χ2n) is 8.97. The normalized spacial score (nSPS) is 11.8. The van der Waals surface area contributed by atoms with Crippen LogP contribution < -0.4 is 4.43 Å². The van der Waals surface area contributed by atoms with Gasteiger partial charge in [-0.15, -0.1) is 0 Å². The van der Waals surface area contributed by atoms with Crippen molar-refractivity contribution in [2.24, 2.45) is 0 Å². The zero-order valence-corrected chi connectivity index (χ0v) is 23.2. The van der Waals surface area contributed by atoms with E-state index in [1.165, 1.54) is 89.9 Å². The maximum absolute atomic E-state index is 6.23. The van der Waals surface area contributed by atoms with Crippen molar-refractivity contribution in [2.45, 2.75) is 116 Å². The predicted molar refractivity (Wildman–Crippen MR) is 140 cm³/mol. The lowest BCUT2D eigenvalue weighted by Crippen LogP contribution is -2.38. The predicted octanol–water partition coefficient (Wildman–Crippen LogP) is 10.6. The molecule has 0 aliphatic rings. The lowest BCUT2D eigenvalue weighted by molar-refractivity contribution is 0.241. The average molecular weight is 510 g/mol. The molecule has 0 aliphatic heterocycles. The molecule has 0 saturated carbocycles. The zero-order valence-electron chi connectivity index (χ0n) is 19.9. The Hall–Kier alpha value is 0.0669. The van der Waals surface area contributed by atoms with Crippen molar-refractivity contribution in [1.29, 1.82) is 0 Å². The first-order valence-corrected chi connectivity index (χ1v) is 16.3. The van der Waals surface area contributed by atoms with Crippen LogP contribution in [0, 0.1) is 0 Å². The molecular weight excluding hydrogens is 467 g/mol. The summed E-state index contributed by atoms with van der Waals surface area (Å²) in [5, 5.41) is 1.25. The van der Waals surface area contributed by atoms with Gasteiger partial charge >= 0.3 is 8.56 Å². The maximum Gasteiger partial charge on any atom is 0.392 e. The summed E-state index contributed by atoms with van der Waals surface area (Å²) in [7, 11) is -2.36. The van der Waals surface area contributed by atoms with Crippen LogP contribution in [-0.2, 0) is 4.43 Å². The zero-order chi connectivity index (χ0) is 23.0. The van der Waals surface area contributed by atoms with Crippen LogP contribution in [0.25, 0.3) is 0 Å². The van der Waals surface area contributed by atoms with Crippen LogP contribution in [0.1, 0.15) is 103 Å². The van der Waals surface area contributed by atoms with Gasteiger partial charge in [0.05, 0.1) is 10.0 Å². The second-order valence-corrected chi connectivity index (χ2v) is 13.5. The van der Waals surface area contributed by atoms with E-state index in [4.69, 9.17) is 43.7 Å². The first-order chi connectivity index (χ1) is 14.9. The Morgan fingerprint density at radius 3 is 1.55 bits per heavy atom. The van der Waals surface area contributed by atoms with Crippen LogP contribution in [0.15, 0.2) is 12.1 Å². The fourth-order valence-corrected chi connectivity index (χ4v) is 5.79. The molecule has 1 aromatic rings. The fourth-order valence-electron chi connectivity index (χ4n) is 3.67. The summed E-state index contributed by atoms with van der Waals surface area (Å²) < 4.78 is 12.1. The Morgan fingerprint density at radius 1 is 0.645 bits per heavy atom. The van der Waals surface area contributed by atoms with E-state index < -0.39 is 8.56 Å². The van der Waals surface area contributed by atoms with Crippen molar-refractivity contribution in [1.82, 2.24) is 0 Å². The monoisotopic (exact) mass is 508 g/mol. The molecule has 0 spiro atoms. The number of unbranched alkanes of at least 4 members (excludes halogenated alkanes) is 14. The van der Waals surface area contributed by atoms with Crippen LogP contribution in [0.2, 0.25) is 28.2 Å². The van der Waals surface area contributed by atoms with E-state index in [0.29, 0.717) is 27.4 Å². The van der Waals surface area contributed by atoms with Gasteiger partial charge in [0, 0.05) is 6.61 Å². The molecular formula is C25H43Cl3O2Si. The second kappa shape index (κ2) is 17.5. The van der Waals surface area contributed by atoms with Crippen molar-refractivity contribution in [3.05, 3.63) is 27.2 Å². The summed E-state index contributed by atoms with van der Waals surface area (Å²) in [6, 6.07) is 3.37. The van der Waals surface area contributed by atoms with E-state index in [1.54, 1.807) is 12.1 Å². The molecule has 0 N–H and O–H groups in total. The Bertz CT molecular complexity index is 596. The molecule has 0 atom stereocenters. The molecule has 180 valence electrons. The number of benzene rings is 1. The highest BCUT2D eigenvalue weighted by Crippen LogP contribution is 2.39. The Labute approximate surface area is 207 Å². The number of hydrogen-bond donors (Lipinski definition) is 0. The average Bonchev–Trinajstić information content (AvgIpc) is 2.73. The molecule has 0 saturated heterocycles. The number of hydrogen-bond acceptors (Lipinski definition) is 2. The minimum absolute atomic E-state index is 0.352. The van der Waals surface area contributed by atoms with Gasteiger partial charge in [-0.05, 0) is 31.6 Å². The van der Waals surface area contributed by atoms with E-state index in [2.05, 4.69) is 6.92 Å². The van der Waals surface area contributed by atoms with Crippen molar-refractivity contribution >= 4 is 43.4 Å². The summed E-state index contributed by atoms with van der Waals surface area (Å²) in [6.45, 7) is 7.01. The van der Waals surface area contributed by atoms with Crippen LogP contribution >= 0.6 is 34.8 Å². The first kappa shape index (κ1) is 29.1. The standard InChI is InChI=1S/C25H43Cl3O2Si/c1-4-5-6-7-8-9-10-11-12-13-14-15-16-17-18-21-29-31(2,3)30-25-23(27)20-19-22(26)24(25)28/h19-20H,4-18,21H2,1-3H3. The Balaban J connectivity index is 1.99. The summed E-state index contributed by atoms with van der Waals surface area (Å²) in [5.74, 6) is 0.434. The van der Waals surface area contributed by atoms with Gasteiger partial charge in [0.15, 0.2) is 0 Å². The van der Waals surface area contributed by atoms with Gasteiger partial charge in [-0.2, -0.15) is 0 Å². The van der Waals surface area contributed by atoms with E-state index in [1.807, 2.05) is 13.1 Å². The molecule has 0 aliphatic carbocycles. The summed E-state index contributed by atoms with van der Waals surface area (Å²) in [6.07, 6.45) is 20.4. The summed E-state index contributed by atoms with van der Waals surface area (Å²) >= 11 is 18.5. The molecule has 0 amide bonds. The smallest absolute Gasteiger partial charge is 0.392 e. The van der Waals surface area contributed by atoms with Gasteiger partial charge in [0.25, 0.3) is 0 Å². The minimum atomic E-state index is -2.36. The van der Waals surface area contributed by atoms with Gasteiger partial charge in [0.2, 0.25) is 0 Å². The van der Waals surface area contributed by atoms with E-state index in [0.717, 1.165) is 6.42 Å². The SMILES string of the molecule is CCCCCCCCCCCCCCCCCO[Si](C)(C)Oc1c(Cl)ccc(Cl)c1Cl. The molecule has 0 fully saturated rings. The lowest BCUT2D eigenvalue weighted by Gasteiger charge is -2.25. The molecule has 2 nitrogen and oxygen atoms in total. The van der Waals surface area contributed by atoms with Crippen molar-refractivity contribution < 1.29 is 8.85 Å². The number of halogens is 3. The highest BCUT2D eigenvalue weighted by Gasteiger charge is 2.29. The third-order valence-electron chi connectivity index (χ3n) is 5.55. The molecule has 0 bridgehead atoms. The van der Waals surface area contributed by atoms with Gasteiger partial charge < -0.3 is 8.85 Å². The molecule has 1 rings (SSSR count). The van der Waals surface area contributed by atoms with Crippen molar-refractivity contribution in [3.8, 4) is 5.75 Å². The quantitative estimate of drug-likeness (QED) is 0.105. The first-order valence-electron chi connectivity index (χ1n) is 12.3. The highest BCUT2D eigenvalue weighted by atomic mass is 35.5. The molecule has 6 heteroatoms. The largest absolute Gasteiger partial charge is 0.518 e. The lowest BCUT2D eigenvalue weighted by atomic mass is 10.0. The van der Waals surface area contributed by atoms with E-state index in [9.17, 15) is 0 Å². The van der Waals surface area contributed by atoms with E-state index in [-0.39, 0.29) is 0 Å². The summed E-state index contributed by atoms with van der Waals surface area (Å²) in [4.78, 5) is 0.